The van der Waals surface area contributed by atoms with Crippen LogP contribution in [0.3, 0.4) is 0 Å². The Morgan fingerprint density at radius 1 is 1.03 bits per heavy atom. The molecule has 2 N–H and O–H groups in total. The number of benzene rings is 3. The van der Waals surface area contributed by atoms with Gasteiger partial charge in [-0.05, 0) is 49.4 Å². The number of rotatable bonds is 10. The third-order valence-electron chi connectivity index (χ3n) is 5.83. The molecule has 0 saturated carbocycles. The number of carbonyl (C=O) groups is 2. The van der Waals surface area contributed by atoms with Gasteiger partial charge in [-0.3, -0.25) is 9.59 Å². The molecule has 0 fully saturated rings. The van der Waals surface area contributed by atoms with Crippen LogP contribution in [0, 0.1) is 0 Å². The van der Waals surface area contributed by atoms with Crippen LogP contribution >= 0.6 is 11.8 Å². The standard InChI is InChI=1S/C28H27N3O5S/c1-2-34-21-10-7-19(8-11-21)28(33)29-13-14-31-16-26(22-5-3-4-6-23(22)31)37-17-27(32)30-20-9-12-24-25(15-20)36-18-35-24/h3-12,15-16H,2,13-14,17-18H2,1H3,(H,29,33)(H,30,32). The number of hydrogen-bond acceptors (Lipinski definition) is 6. The molecule has 9 heteroatoms. The second-order valence-electron chi connectivity index (χ2n) is 8.32. The molecule has 37 heavy (non-hydrogen) atoms. The first-order valence-corrected chi connectivity index (χ1v) is 13.0. The van der Waals surface area contributed by atoms with Crippen molar-refractivity contribution in [2.45, 2.75) is 18.4 Å². The van der Waals surface area contributed by atoms with E-state index in [2.05, 4.69) is 15.2 Å². The van der Waals surface area contributed by atoms with Crippen LogP contribution in [0.5, 0.6) is 17.2 Å². The zero-order valence-electron chi connectivity index (χ0n) is 20.4. The van der Waals surface area contributed by atoms with Gasteiger partial charge in [0, 0.05) is 52.4 Å². The van der Waals surface area contributed by atoms with Crippen molar-refractivity contribution in [3.05, 3.63) is 78.5 Å². The summed E-state index contributed by atoms with van der Waals surface area (Å²) in [5.41, 5.74) is 2.31. The molecule has 0 spiro atoms. The van der Waals surface area contributed by atoms with Crippen molar-refractivity contribution in [3.8, 4) is 17.2 Å². The largest absolute Gasteiger partial charge is 0.494 e. The van der Waals surface area contributed by atoms with E-state index in [1.807, 2.05) is 37.4 Å². The second kappa shape index (κ2) is 11.3. The number of hydrogen-bond donors (Lipinski definition) is 2. The maximum absolute atomic E-state index is 12.6. The average Bonchev–Trinajstić information content (AvgIpc) is 3.52. The van der Waals surface area contributed by atoms with Crippen LogP contribution in [0.4, 0.5) is 5.69 Å². The Balaban J connectivity index is 1.18. The summed E-state index contributed by atoms with van der Waals surface area (Å²) in [5, 5.41) is 6.96. The molecule has 0 unspecified atom stereocenters. The van der Waals surface area contributed by atoms with Crippen molar-refractivity contribution >= 4 is 40.2 Å². The molecule has 0 atom stereocenters. The molecule has 0 aliphatic carbocycles. The molecule has 2 heterocycles. The van der Waals surface area contributed by atoms with Crippen LogP contribution in [0.2, 0.25) is 0 Å². The molecule has 190 valence electrons. The lowest BCUT2D eigenvalue weighted by molar-refractivity contribution is -0.113. The van der Waals surface area contributed by atoms with Gasteiger partial charge in [0.15, 0.2) is 11.5 Å². The van der Waals surface area contributed by atoms with Crippen LogP contribution < -0.4 is 24.8 Å². The first kappa shape index (κ1) is 24.6. The molecular formula is C28H27N3O5S. The highest BCUT2D eigenvalue weighted by Gasteiger charge is 2.15. The molecule has 0 bridgehead atoms. The predicted octanol–water partition coefficient (Wildman–Crippen LogP) is 4.93. The fraction of sp³-hybridized carbons (Fsp3) is 0.214. The summed E-state index contributed by atoms with van der Waals surface area (Å²) in [6.07, 6.45) is 2.03. The minimum Gasteiger partial charge on any atom is -0.494 e. The van der Waals surface area contributed by atoms with Gasteiger partial charge in [-0.1, -0.05) is 18.2 Å². The molecule has 8 nitrogen and oxygen atoms in total. The molecule has 1 aromatic heterocycles. The van der Waals surface area contributed by atoms with Gasteiger partial charge >= 0.3 is 0 Å². The lowest BCUT2D eigenvalue weighted by atomic mass is 10.2. The van der Waals surface area contributed by atoms with E-state index in [0.717, 1.165) is 21.5 Å². The van der Waals surface area contributed by atoms with Crippen LogP contribution in [0.15, 0.2) is 77.8 Å². The number of anilines is 1. The number of ether oxygens (including phenoxy) is 3. The van der Waals surface area contributed by atoms with Crippen molar-refractivity contribution in [1.29, 1.82) is 0 Å². The fourth-order valence-corrected chi connectivity index (χ4v) is 4.98. The molecule has 5 rings (SSSR count). The first-order valence-electron chi connectivity index (χ1n) is 12.0. The van der Waals surface area contributed by atoms with Crippen molar-refractivity contribution in [3.63, 3.8) is 0 Å². The summed E-state index contributed by atoms with van der Waals surface area (Å²) >= 11 is 1.48. The third kappa shape index (κ3) is 5.83. The Morgan fingerprint density at radius 2 is 1.84 bits per heavy atom. The summed E-state index contributed by atoms with van der Waals surface area (Å²) < 4.78 is 18.2. The Hall–Kier alpha value is -4.11. The van der Waals surface area contributed by atoms with Gasteiger partial charge in [-0.2, -0.15) is 0 Å². The van der Waals surface area contributed by atoms with E-state index < -0.39 is 0 Å². The zero-order chi connectivity index (χ0) is 25.6. The maximum Gasteiger partial charge on any atom is 0.251 e. The zero-order valence-corrected chi connectivity index (χ0v) is 21.2. The van der Waals surface area contributed by atoms with E-state index in [1.54, 1.807) is 42.5 Å². The molecule has 1 aliphatic heterocycles. The van der Waals surface area contributed by atoms with Crippen molar-refractivity contribution in [1.82, 2.24) is 9.88 Å². The lowest BCUT2D eigenvalue weighted by Crippen LogP contribution is -2.27. The number of fused-ring (bicyclic) bond motifs is 2. The van der Waals surface area contributed by atoms with Gasteiger partial charge in [0.1, 0.15) is 5.75 Å². The first-order chi connectivity index (χ1) is 18.1. The van der Waals surface area contributed by atoms with E-state index in [-0.39, 0.29) is 24.4 Å². The van der Waals surface area contributed by atoms with Crippen molar-refractivity contribution in [2.24, 2.45) is 0 Å². The minimum atomic E-state index is -0.130. The summed E-state index contributed by atoms with van der Waals surface area (Å²) in [6.45, 7) is 3.77. The highest BCUT2D eigenvalue weighted by Crippen LogP contribution is 2.34. The molecule has 2 amide bonds. The third-order valence-corrected chi connectivity index (χ3v) is 6.88. The Kier molecular flexibility index (Phi) is 7.51. The quantitative estimate of drug-likeness (QED) is 0.290. The van der Waals surface area contributed by atoms with E-state index in [1.165, 1.54) is 11.8 Å². The van der Waals surface area contributed by atoms with Gasteiger partial charge in [-0.25, -0.2) is 0 Å². The summed E-state index contributed by atoms with van der Waals surface area (Å²) in [7, 11) is 0. The minimum absolute atomic E-state index is 0.108. The molecule has 3 aromatic carbocycles. The highest BCUT2D eigenvalue weighted by molar-refractivity contribution is 8.00. The van der Waals surface area contributed by atoms with Crippen molar-refractivity contribution < 1.29 is 23.8 Å². The molecule has 0 radical (unpaired) electrons. The SMILES string of the molecule is CCOc1ccc(C(=O)NCCn2cc(SCC(=O)Nc3ccc4c(c3)OCO4)c3ccccc32)cc1. The maximum atomic E-state index is 12.6. The second-order valence-corrected chi connectivity index (χ2v) is 9.34. The molecular weight excluding hydrogens is 490 g/mol. The van der Waals surface area contributed by atoms with Crippen LogP contribution in [0.1, 0.15) is 17.3 Å². The monoisotopic (exact) mass is 517 g/mol. The molecule has 0 saturated heterocycles. The average molecular weight is 518 g/mol. The summed E-state index contributed by atoms with van der Waals surface area (Å²) in [5.74, 6) is 2.07. The summed E-state index contributed by atoms with van der Waals surface area (Å²) in [4.78, 5) is 26.1. The summed E-state index contributed by atoms with van der Waals surface area (Å²) in [6, 6.07) is 20.5. The van der Waals surface area contributed by atoms with Gasteiger partial charge in [0.2, 0.25) is 12.7 Å². The number of nitrogens with zero attached hydrogens (tertiary/aromatic N) is 1. The van der Waals surface area contributed by atoms with Gasteiger partial charge in [0.05, 0.1) is 12.4 Å². The number of para-hydroxylation sites is 1. The highest BCUT2D eigenvalue weighted by atomic mass is 32.2. The van der Waals surface area contributed by atoms with Crippen LogP contribution in [-0.4, -0.2) is 42.1 Å². The smallest absolute Gasteiger partial charge is 0.251 e. The van der Waals surface area contributed by atoms with Crippen molar-refractivity contribution in [2.75, 3.05) is 31.0 Å². The van der Waals surface area contributed by atoms with Gasteiger partial charge < -0.3 is 29.4 Å². The topological polar surface area (TPSA) is 90.8 Å². The predicted molar refractivity (Wildman–Crippen MR) is 144 cm³/mol. The number of nitrogens with one attached hydrogen (secondary N) is 2. The number of amides is 2. The van der Waals surface area contributed by atoms with E-state index in [9.17, 15) is 9.59 Å². The molecule has 1 aliphatic rings. The number of carbonyl (C=O) groups excluding carboxylic acids is 2. The van der Waals surface area contributed by atoms with E-state index >= 15 is 0 Å². The fourth-order valence-electron chi connectivity index (χ4n) is 4.09. The number of thioether (sulfide) groups is 1. The Bertz CT molecular complexity index is 1420. The van der Waals surface area contributed by atoms with Gasteiger partial charge in [0.25, 0.3) is 5.91 Å². The van der Waals surface area contributed by atoms with Crippen LogP contribution in [-0.2, 0) is 11.3 Å². The lowest BCUT2D eigenvalue weighted by Gasteiger charge is -2.08. The normalized spacial score (nSPS) is 11.9. The number of aromatic nitrogens is 1. The van der Waals surface area contributed by atoms with E-state index in [0.29, 0.717) is 42.4 Å². The van der Waals surface area contributed by atoms with Gasteiger partial charge in [-0.15, -0.1) is 11.8 Å². The molecule has 4 aromatic rings. The Morgan fingerprint density at radius 3 is 2.68 bits per heavy atom. The Labute approximate surface area is 218 Å². The van der Waals surface area contributed by atoms with E-state index in [4.69, 9.17) is 14.2 Å². The van der Waals surface area contributed by atoms with Crippen LogP contribution in [0.25, 0.3) is 10.9 Å².